The molecular formula is C13H20ClN3O2. The molecule has 0 aliphatic carbocycles. The number of nitrogens with zero attached hydrogens (tertiary/aromatic N) is 1. The van der Waals surface area contributed by atoms with Gasteiger partial charge in [-0.2, -0.15) is 0 Å². The summed E-state index contributed by atoms with van der Waals surface area (Å²) in [4.78, 5) is 15.6. The average Bonchev–Trinajstić information content (AvgIpc) is 2.36. The van der Waals surface area contributed by atoms with E-state index in [1.54, 1.807) is 0 Å². The van der Waals surface area contributed by atoms with Gasteiger partial charge in [-0.25, -0.2) is 4.98 Å². The van der Waals surface area contributed by atoms with Crippen molar-refractivity contribution in [2.24, 2.45) is 0 Å². The number of amides is 1. The number of nitrogen functional groups attached to an aromatic ring is 1. The van der Waals surface area contributed by atoms with Crippen LogP contribution in [-0.4, -0.2) is 30.6 Å². The van der Waals surface area contributed by atoms with Crippen molar-refractivity contribution in [2.75, 3.05) is 25.5 Å². The molecular weight excluding hydrogens is 266 g/mol. The van der Waals surface area contributed by atoms with Gasteiger partial charge in [0.25, 0.3) is 5.91 Å². The quantitative estimate of drug-likeness (QED) is 0.567. The molecule has 0 saturated heterocycles. The second kappa shape index (κ2) is 8.72. The summed E-state index contributed by atoms with van der Waals surface area (Å²) in [5.74, 6) is 0.0325. The molecule has 0 aromatic carbocycles. The van der Waals surface area contributed by atoms with Gasteiger partial charge in [-0.05, 0) is 25.0 Å². The molecule has 1 aromatic rings. The highest BCUT2D eigenvalue weighted by atomic mass is 35.5. The minimum Gasteiger partial charge on any atom is -0.384 e. The van der Waals surface area contributed by atoms with Crippen LogP contribution in [0.4, 0.5) is 5.82 Å². The van der Waals surface area contributed by atoms with Crippen LogP contribution in [0.1, 0.15) is 36.5 Å². The summed E-state index contributed by atoms with van der Waals surface area (Å²) in [7, 11) is 0. The fraction of sp³-hybridized carbons (Fsp3) is 0.538. The fourth-order valence-corrected chi connectivity index (χ4v) is 1.69. The Labute approximate surface area is 118 Å². The average molecular weight is 286 g/mol. The van der Waals surface area contributed by atoms with Gasteiger partial charge in [0.2, 0.25) is 0 Å². The Kier molecular flexibility index (Phi) is 7.22. The van der Waals surface area contributed by atoms with Crippen LogP contribution < -0.4 is 11.1 Å². The van der Waals surface area contributed by atoms with E-state index in [-0.39, 0.29) is 16.9 Å². The molecule has 0 unspecified atom stereocenters. The fourth-order valence-electron chi connectivity index (χ4n) is 1.47. The van der Waals surface area contributed by atoms with Crippen LogP contribution in [0.3, 0.4) is 0 Å². The lowest BCUT2D eigenvalue weighted by Crippen LogP contribution is -2.25. The van der Waals surface area contributed by atoms with Crippen molar-refractivity contribution in [3.8, 4) is 0 Å². The van der Waals surface area contributed by atoms with Gasteiger partial charge in [-0.3, -0.25) is 4.79 Å². The standard InChI is InChI=1S/C13H20ClN3O2/c1-2-3-6-19-7-4-5-16-13(18)10-8-11(14)17-12(15)9-10/h8-9H,2-7H2,1H3,(H2,15,17)(H,16,18). The molecule has 0 bridgehead atoms. The van der Waals surface area contributed by atoms with Gasteiger partial charge < -0.3 is 15.8 Å². The molecule has 0 aliphatic heterocycles. The number of carbonyl (C=O) groups is 1. The molecule has 0 saturated carbocycles. The van der Waals surface area contributed by atoms with Crippen LogP contribution in [0.15, 0.2) is 12.1 Å². The predicted molar refractivity (Wildman–Crippen MR) is 76.3 cm³/mol. The van der Waals surface area contributed by atoms with E-state index in [9.17, 15) is 4.79 Å². The largest absolute Gasteiger partial charge is 0.384 e. The molecule has 0 spiro atoms. The van der Waals surface area contributed by atoms with Crippen molar-refractivity contribution in [3.63, 3.8) is 0 Å². The van der Waals surface area contributed by atoms with Gasteiger partial charge in [0.1, 0.15) is 11.0 Å². The topological polar surface area (TPSA) is 77.2 Å². The molecule has 19 heavy (non-hydrogen) atoms. The number of nitrogens with two attached hydrogens (primary N) is 1. The summed E-state index contributed by atoms with van der Waals surface area (Å²) < 4.78 is 5.40. The Morgan fingerprint density at radius 1 is 1.42 bits per heavy atom. The van der Waals surface area contributed by atoms with Crippen molar-refractivity contribution >= 4 is 23.3 Å². The van der Waals surface area contributed by atoms with Crippen LogP contribution >= 0.6 is 11.6 Å². The number of aromatic nitrogens is 1. The highest BCUT2D eigenvalue weighted by molar-refractivity contribution is 6.29. The zero-order chi connectivity index (χ0) is 14.1. The molecule has 3 N–H and O–H groups in total. The molecule has 106 valence electrons. The Morgan fingerprint density at radius 3 is 2.84 bits per heavy atom. The summed E-state index contributed by atoms with van der Waals surface area (Å²) in [5, 5.41) is 3.00. The number of carbonyl (C=O) groups excluding carboxylic acids is 1. The number of hydrogen-bond donors (Lipinski definition) is 2. The first kappa shape index (κ1) is 15.7. The number of hydrogen-bond acceptors (Lipinski definition) is 4. The van der Waals surface area contributed by atoms with E-state index >= 15 is 0 Å². The molecule has 5 nitrogen and oxygen atoms in total. The van der Waals surface area contributed by atoms with E-state index in [0.29, 0.717) is 18.7 Å². The van der Waals surface area contributed by atoms with Gasteiger partial charge in [0.15, 0.2) is 0 Å². The molecule has 6 heteroatoms. The van der Waals surface area contributed by atoms with Gasteiger partial charge >= 0.3 is 0 Å². The van der Waals surface area contributed by atoms with Crippen LogP contribution in [-0.2, 0) is 4.74 Å². The molecule has 1 heterocycles. The number of nitrogens with one attached hydrogen (secondary N) is 1. The summed E-state index contributed by atoms with van der Waals surface area (Å²) in [6.07, 6.45) is 2.98. The highest BCUT2D eigenvalue weighted by Gasteiger charge is 2.07. The maximum atomic E-state index is 11.8. The van der Waals surface area contributed by atoms with Crippen LogP contribution in [0, 0.1) is 0 Å². The monoisotopic (exact) mass is 285 g/mol. The number of pyridine rings is 1. The van der Waals surface area contributed by atoms with Crippen LogP contribution in [0.25, 0.3) is 0 Å². The van der Waals surface area contributed by atoms with Gasteiger partial charge in [0.05, 0.1) is 0 Å². The summed E-state index contributed by atoms with van der Waals surface area (Å²) >= 11 is 5.74. The zero-order valence-electron chi connectivity index (χ0n) is 11.1. The third-order valence-electron chi connectivity index (χ3n) is 2.47. The second-order valence-corrected chi connectivity index (χ2v) is 4.57. The Morgan fingerprint density at radius 2 is 2.16 bits per heavy atom. The second-order valence-electron chi connectivity index (χ2n) is 4.18. The maximum Gasteiger partial charge on any atom is 0.251 e. The smallest absolute Gasteiger partial charge is 0.251 e. The Hall–Kier alpha value is -1.33. The lowest BCUT2D eigenvalue weighted by atomic mass is 10.2. The first-order chi connectivity index (χ1) is 9.13. The van der Waals surface area contributed by atoms with Gasteiger partial charge in [-0.15, -0.1) is 0 Å². The van der Waals surface area contributed by atoms with E-state index in [1.807, 2.05) is 0 Å². The highest BCUT2D eigenvalue weighted by Crippen LogP contribution is 2.11. The van der Waals surface area contributed by atoms with Crippen molar-refractivity contribution in [2.45, 2.75) is 26.2 Å². The minimum absolute atomic E-state index is 0.204. The number of unbranched alkanes of at least 4 members (excludes halogenated alkanes) is 1. The van der Waals surface area contributed by atoms with Crippen LogP contribution in [0.2, 0.25) is 5.15 Å². The normalized spacial score (nSPS) is 10.4. The summed E-state index contributed by atoms with van der Waals surface area (Å²) in [5.41, 5.74) is 5.95. The number of anilines is 1. The van der Waals surface area contributed by atoms with E-state index in [1.165, 1.54) is 12.1 Å². The number of rotatable bonds is 8. The summed E-state index contributed by atoms with van der Waals surface area (Å²) in [6.45, 7) is 4.11. The molecule has 1 aromatic heterocycles. The predicted octanol–water partition coefficient (Wildman–Crippen LogP) is 2.25. The molecule has 1 rings (SSSR count). The first-order valence-electron chi connectivity index (χ1n) is 6.42. The molecule has 1 amide bonds. The van der Waals surface area contributed by atoms with Gasteiger partial charge in [-0.1, -0.05) is 24.9 Å². The third-order valence-corrected chi connectivity index (χ3v) is 2.66. The molecule has 0 atom stereocenters. The van der Waals surface area contributed by atoms with Crippen molar-refractivity contribution in [3.05, 3.63) is 22.8 Å². The van der Waals surface area contributed by atoms with Crippen molar-refractivity contribution < 1.29 is 9.53 Å². The third kappa shape index (κ3) is 6.40. The SMILES string of the molecule is CCCCOCCCNC(=O)c1cc(N)nc(Cl)c1. The number of ether oxygens (including phenoxy) is 1. The number of halogens is 1. The van der Waals surface area contributed by atoms with E-state index < -0.39 is 0 Å². The van der Waals surface area contributed by atoms with Crippen molar-refractivity contribution in [1.29, 1.82) is 0 Å². The zero-order valence-corrected chi connectivity index (χ0v) is 11.9. The van der Waals surface area contributed by atoms with E-state index in [0.717, 1.165) is 25.9 Å². The van der Waals surface area contributed by atoms with Gasteiger partial charge in [0, 0.05) is 25.3 Å². The lowest BCUT2D eigenvalue weighted by molar-refractivity contribution is 0.0940. The van der Waals surface area contributed by atoms with Crippen molar-refractivity contribution in [1.82, 2.24) is 10.3 Å². The van der Waals surface area contributed by atoms with E-state index in [2.05, 4.69) is 17.2 Å². The Bertz CT molecular complexity index is 393. The van der Waals surface area contributed by atoms with E-state index in [4.69, 9.17) is 22.1 Å². The Balaban J connectivity index is 2.24. The lowest BCUT2D eigenvalue weighted by Gasteiger charge is -2.06. The molecule has 0 aliphatic rings. The molecule has 0 fully saturated rings. The summed E-state index contributed by atoms with van der Waals surface area (Å²) in [6, 6.07) is 2.99. The maximum absolute atomic E-state index is 11.8. The van der Waals surface area contributed by atoms with Crippen LogP contribution in [0.5, 0.6) is 0 Å². The molecule has 0 radical (unpaired) electrons. The first-order valence-corrected chi connectivity index (χ1v) is 6.80. The minimum atomic E-state index is -0.204.